The summed E-state index contributed by atoms with van der Waals surface area (Å²) in [4.78, 5) is 0. The molecule has 1 aromatic rings. The van der Waals surface area contributed by atoms with Gasteiger partial charge in [0.25, 0.3) is 0 Å². The van der Waals surface area contributed by atoms with Crippen molar-refractivity contribution in [3.8, 4) is 0 Å². The molecule has 1 heteroatoms. The molecule has 0 aliphatic heterocycles. The second-order valence-electron chi connectivity index (χ2n) is 5.93. The zero-order valence-electron chi connectivity index (χ0n) is 11.7. The Kier molecular flexibility index (Phi) is 4.95. The molecule has 0 N–H and O–H groups in total. The Labute approximate surface area is 107 Å². The summed E-state index contributed by atoms with van der Waals surface area (Å²) in [7, 11) is -1.13. The van der Waals surface area contributed by atoms with Crippen molar-refractivity contribution in [2.45, 2.75) is 33.5 Å². The maximum absolute atomic E-state index is 2.41. The van der Waals surface area contributed by atoms with Crippen molar-refractivity contribution in [1.82, 2.24) is 0 Å². The summed E-state index contributed by atoms with van der Waals surface area (Å²) in [5, 5.41) is 0. The molecule has 0 aromatic heterocycles. The highest BCUT2D eigenvalue weighted by atomic mass is 28.3. The fraction of sp³-hybridized carbons (Fsp3) is 0.375. The summed E-state index contributed by atoms with van der Waals surface area (Å²) in [6.45, 7) is 11.5. The first kappa shape index (κ1) is 14.0. The van der Waals surface area contributed by atoms with E-state index in [1.54, 1.807) is 0 Å². The summed E-state index contributed by atoms with van der Waals surface area (Å²) < 4.78 is 0. The highest BCUT2D eigenvalue weighted by Gasteiger charge is 2.08. The molecule has 0 radical (unpaired) electrons. The van der Waals surface area contributed by atoms with Gasteiger partial charge in [-0.2, -0.15) is 0 Å². The predicted molar refractivity (Wildman–Crippen MR) is 81.7 cm³/mol. The first-order valence-electron chi connectivity index (χ1n) is 6.35. The molecule has 0 aliphatic rings. The molecule has 0 heterocycles. The minimum atomic E-state index is -1.13. The first-order valence-corrected chi connectivity index (χ1v) is 9.93. The molecule has 1 aromatic carbocycles. The molecule has 17 heavy (non-hydrogen) atoms. The second-order valence-corrected chi connectivity index (χ2v) is 11.0. The highest BCUT2D eigenvalue weighted by Crippen LogP contribution is 2.19. The minimum Gasteiger partial charge on any atom is -0.0944 e. The van der Waals surface area contributed by atoms with Crippen LogP contribution in [0.4, 0.5) is 0 Å². The summed E-state index contributed by atoms with van der Waals surface area (Å²) in [5.41, 5.74) is 5.08. The molecule has 0 spiro atoms. The maximum atomic E-state index is 2.41. The molecular weight excluding hydrogens is 220 g/mol. The van der Waals surface area contributed by atoms with Crippen LogP contribution >= 0.6 is 0 Å². The Balaban J connectivity index is 3.03. The van der Waals surface area contributed by atoms with E-state index >= 15 is 0 Å². The maximum Gasteiger partial charge on any atom is 0.0687 e. The third-order valence-electron chi connectivity index (χ3n) is 2.38. The van der Waals surface area contributed by atoms with Gasteiger partial charge in [0.1, 0.15) is 0 Å². The van der Waals surface area contributed by atoms with E-state index in [4.69, 9.17) is 0 Å². The van der Waals surface area contributed by atoms with Gasteiger partial charge in [-0.05, 0) is 17.1 Å². The third-order valence-corrected chi connectivity index (χ3v) is 3.55. The van der Waals surface area contributed by atoms with Crippen LogP contribution in [0.3, 0.4) is 0 Å². The lowest BCUT2D eigenvalue weighted by atomic mass is 10.0. The Bertz CT molecular complexity index is 391. The van der Waals surface area contributed by atoms with Gasteiger partial charge in [0.05, 0.1) is 8.07 Å². The van der Waals surface area contributed by atoms with Crippen molar-refractivity contribution in [3.05, 3.63) is 53.7 Å². The monoisotopic (exact) mass is 244 g/mol. The predicted octanol–water partition coefficient (Wildman–Crippen LogP) is 5.16. The smallest absolute Gasteiger partial charge is 0.0687 e. The molecule has 0 saturated carbocycles. The number of hydrogen-bond acceptors (Lipinski definition) is 0. The van der Waals surface area contributed by atoms with E-state index in [0.29, 0.717) is 5.92 Å². The standard InChI is InChI=1S/C16H24Si/c1-14(2)13-16(11-12-17(3,4)5)15-9-7-6-8-10-15/h6-14H,1-5H3/b12-11+,16-13-. The zero-order valence-corrected chi connectivity index (χ0v) is 12.7. The molecule has 0 saturated heterocycles. The van der Waals surface area contributed by atoms with Crippen molar-refractivity contribution in [1.29, 1.82) is 0 Å². The minimum absolute atomic E-state index is 0.580. The van der Waals surface area contributed by atoms with Crippen LogP contribution < -0.4 is 0 Å². The number of hydrogen-bond donors (Lipinski definition) is 0. The Morgan fingerprint density at radius 1 is 1.06 bits per heavy atom. The van der Waals surface area contributed by atoms with E-state index in [2.05, 4.69) is 81.7 Å². The number of allylic oxidation sites excluding steroid dienone is 3. The summed E-state index contributed by atoms with van der Waals surface area (Å²) in [5.74, 6) is 0.580. The fourth-order valence-corrected chi connectivity index (χ4v) is 2.26. The normalized spacial score (nSPS) is 13.6. The molecular formula is C16H24Si. The van der Waals surface area contributed by atoms with Crippen molar-refractivity contribution >= 4 is 13.6 Å². The van der Waals surface area contributed by atoms with E-state index in [9.17, 15) is 0 Å². The second kappa shape index (κ2) is 6.01. The lowest BCUT2D eigenvalue weighted by Crippen LogP contribution is -2.15. The van der Waals surface area contributed by atoms with Crippen LogP contribution in [0.2, 0.25) is 19.6 Å². The molecule has 0 nitrogen and oxygen atoms in total. The van der Waals surface area contributed by atoms with Gasteiger partial charge in [-0.3, -0.25) is 0 Å². The third kappa shape index (κ3) is 5.69. The molecule has 0 unspecified atom stereocenters. The van der Waals surface area contributed by atoms with Crippen LogP contribution in [-0.4, -0.2) is 8.07 Å². The Morgan fingerprint density at radius 3 is 2.12 bits per heavy atom. The van der Waals surface area contributed by atoms with Crippen molar-refractivity contribution < 1.29 is 0 Å². The van der Waals surface area contributed by atoms with Crippen LogP contribution in [0.15, 0.2) is 48.2 Å². The van der Waals surface area contributed by atoms with E-state index in [1.165, 1.54) is 11.1 Å². The van der Waals surface area contributed by atoms with E-state index in [1.807, 2.05) is 0 Å². The van der Waals surface area contributed by atoms with Crippen LogP contribution in [0.5, 0.6) is 0 Å². The molecule has 0 bridgehead atoms. The van der Waals surface area contributed by atoms with Gasteiger partial charge in [0, 0.05) is 0 Å². The van der Waals surface area contributed by atoms with Crippen LogP contribution in [0.1, 0.15) is 19.4 Å². The van der Waals surface area contributed by atoms with Crippen molar-refractivity contribution in [3.63, 3.8) is 0 Å². The molecule has 1 rings (SSSR count). The average Bonchev–Trinajstić information content (AvgIpc) is 2.24. The Hall–Kier alpha value is -1.08. The van der Waals surface area contributed by atoms with Crippen LogP contribution in [0, 0.1) is 5.92 Å². The quantitative estimate of drug-likeness (QED) is 0.507. The van der Waals surface area contributed by atoms with Crippen LogP contribution in [-0.2, 0) is 0 Å². The fourth-order valence-electron chi connectivity index (χ4n) is 1.58. The SMILES string of the molecule is CC(C)/C=C(/C=C/[Si](C)(C)C)c1ccccc1. The van der Waals surface area contributed by atoms with Crippen LogP contribution in [0.25, 0.3) is 5.57 Å². The van der Waals surface area contributed by atoms with Crippen molar-refractivity contribution in [2.24, 2.45) is 5.92 Å². The van der Waals surface area contributed by atoms with Gasteiger partial charge in [0.15, 0.2) is 0 Å². The van der Waals surface area contributed by atoms with Gasteiger partial charge in [0.2, 0.25) is 0 Å². The summed E-state index contributed by atoms with van der Waals surface area (Å²) in [6, 6.07) is 10.6. The van der Waals surface area contributed by atoms with E-state index in [-0.39, 0.29) is 0 Å². The van der Waals surface area contributed by atoms with Gasteiger partial charge in [-0.15, -0.1) is 0 Å². The average molecular weight is 244 g/mol. The summed E-state index contributed by atoms with van der Waals surface area (Å²) >= 11 is 0. The molecule has 0 atom stereocenters. The lowest BCUT2D eigenvalue weighted by molar-refractivity contribution is 0.834. The van der Waals surface area contributed by atoms with E-state index in [0.717, 1.165) is 0 Å². The zero-order chi connectivity index (χ0) is 12.9. The van der Waals surface area contributed by atoms with Gasteiger partial charge >= 0.3 is 0 Å². The van der Waals surface area contributed by atoms with Gasteiger partial charge in [-0.1, -0.05) is 81.7 Å². The molecule has 0 aliphatic carbocycles. The van der Waals surface area contributed by atoms with Gasteiger partial charge < -0.3 is 0 Å². The number of benzene rings is 1. The molecule has 0 amide bonds. The molecule has 0 fully saturated rings. The summed E-state index contributed by atoms with van der Waals surface area (Å²) in [6.07, 6.45) is 4.65. The van der Waals surface area contributed by atoms with Crippen molar-refractivity contribution in [2.75, 3.05) is 0 Å². The topological polar surface area (TPSA) is 0 Å². The highest BCUT2D eigenvalue weighted by molar-refractivity contribution is 6.81. The van der Waals surface area contributed by atoms with Gasteiger partial charge in [-0.25, -0.2) is 0 Å². The van der Waals surface area contributed by atoms with E-state index < -0.39 is 8.07 Å². The molecule has 92 valence electrons. The lowest BCUT2D eigenvalue weighted by Gasteiger charge is -2.11. The largest absolute Gasteiger partial charge is 0.0944 e. The number of rotatable bonds is 4. The first-order chi connectivity index (χ1) is 7.88. The Morgan fingerprint density at radius 2 is 1.65 bits per heavy atom.